The number of amides is 1. The van der Waals surface area contributed by atoms with Crippen LogP contribution in [0, 0.1) is 3.57 Å². The van der Waals surface area contributed by atoms with Crippen molar-refractivity contribution in [2.45, 2.75) is 18.6 Å². The molecule has 0 atom stereocenters. The summed E-state index contributed by atoms with van der Waals surface area (Å²) in [6.45, 7) is 5.87. The number of benzene rings is 1. The van der Waals surface area contributed by atoms with E-state index >= 15 is 0 Å². The molecule has 1 fully saturated rings. The molecular formula is C16H20IN5O2S. The van der Waals surface area contributed by atoms with Crippen molar-refractivity contribution in [3.8, 4) is 0 Å². The van der Waals surface area contributed by atoms with Crippen LogP contribution >= 0.6 is 34.4 Å². The zero-order valence-corrected chi connectivity index (χ0v) is 16.9. The number of morpholine rings is 1. The summed E-state index contributed by atoms with van der Waals surface area (Å²) in [5, 5.41) is 12.3. The molecule has 134 valence electrons. The first-order chi connectivity index (χ1) is 12.2. The number of nitrogens with zero attached hydrogens (tertiary/aromatic N) is 4. The summed E-state index contributed by atoms with van der Waals surface area (Å²) in [5.41, 5.74) is 0.809. The molecule has 1 N–H and O–H groups in total. The van der Waals surface area contributed by atoms with Crippen molar-refractivity contribution in [3.05, 3.63) is 27.8 Å². The van der Waals surface area contributed by atoms with Crippen LogP contribution < -0.4 is 10.2 Å². The number of carbonyl (C=O) groups excluding carboxylic acids is 1. The number of thioether (sulfide) groups is 1. The van der Waals surface area contributed by atoms with Crippen LogP contribution in [0.25, 0.3) is 0 Å². The Kier molecular flexibility index (Phi) is 6.54. The number of nitrogens with one attached hydrogen (secondary N) is 1. The number of hydrogen-bond acceptors (Lipinski definition) is 6. The zero-order valence-electron chi connectivity index (χ0n) is 13.9. The molecule has 2 aromatic rings. The number of aromatic nitrogens is 3. The van der Waals surface area contributed by atoms with Gasteiger partial charge in [-0.2, -0.15) is 0 Å². The normalized spacial score (nSPS) is 14.6. The van der Waals surface area contributed by atoms with E-state index in [1.807, 2.05) is 24.3 Å². The fraction of sp³-hybridized carbons (Fsp3) is 0.438. The summed E-state index contributed by atoms with van der Waals surface area (Å²) in [6.07, 6.45) is 0. The highest BCUT2D eigenvalue weighted by molar-refractivity contribution is 14.1. The third-order valence-electron chi connectivity index (χ3n) is 3.75. The fourth-order valence-electron chi connectivity index (χ4n) is 2.56. The standard InChI is InChI=1S/C16H20IN5O2S/c1-2-22-15(21-6-8-24-9-7-21)19-20-16(22)25-11-14(23)18-13-5-3-4-12(17)10-13/h3-5,10H,2,6-9,11H2,1H3,(H,18,23). The van der Waals surface area contributed by atoms with E-state index in [-0.39, 0.29) is 5.91 Å². The van der Waals surface area contributed by atoms with E-state index in [9.17, 15) is 4.79 Å². The third-order valence-corrected chi connectivity index (χ3v) is 5.39. The fourth-order valence-corrected chi connectivity index (χ4v) is 3.90. The molecule has 0 spiro atoms. The van der Waals surface area contributed by atoms with Gasteiger partial charge in [0.05, 0.1) is 19.0 Å². The molecule has 1 aromatic heterocycles. The van der Waals surface area contributed by atoms with Gasteiger partial charge in [0.15, 0.2) is 5.16 Å². The SMILES string of the molecule is CCn1c(SCC(=O)Nc2cccc(I)c2)nnc1N1CCOCC1. The Bertz CT molecular complexity index is 733. The highest BCUT2D eigenvalue weighted by Gasteiger charge is 2.20. The molecule has 0 bridgehead atoms. The Morgan fingerprint density at radius 3 is 2.88 bits per heavy atom. The second-order valence-electron chi connectivity index (χ2n) is 5.47. The van der Waals surface area contributed by atoms with Crippen molar-refractivity contribution >= 4 is 51.9 Å². The van der Waals surface area contributed by atoms with Crippen LogP contribution in [-0.4, -0.2) is 52.7 Å². The Labute approximate surface area is 164 Å². The highest BCUT2D eigenvalue weighted by atomic mass is 127. The van der Waals surface area contributed by atoms with Crippen LogP contribution in [0.15, 0.2) is 29.4 Å². The number of rotatable bonds is 6. The highest BCUT2D eigenvalue weighted by Crippen LogP contribution is 2.23. The van der Waals surface area contributed by atoms with Crippen LogP contribution in [0.3, 0.4) is 0 Å². The first-order valence-corrected chi connectivity index (χ1v) is 10.2. The van der Waals surface area contributed by atoms with Crippen LogP contribution in [-0.2, 0) is 16.1 Å². The Morgan fingerprint density at radius 1 is 1.36 bits per heavy atom. The summed E-state index contributed by atoms with van der Waals surface area (Å²) in [7, 11) is 0. The molecule has 1 aromatic carbocycles. The van der Waals surface area contributed by atoms with Crippen LogP contribution in [0.2, 0.25) is 0 Å². The molecule has 1 aliphatic heterocycles. The predicted octanol–water partition coefficient (Wildman–Crippen LogP) is 2.47. The lowest BCUT2D eigenvalue weighted by Gasteiger charge is -2.27. The molecule has 0 unspecified atom stereocenters. The number of halogens is 1. The van der Waals surface area contributed by atoms with Gasteiger partial charge in [-0.3, -0.25) is 9.36 Å². The van der Waals surface area contributed by atoms with Gasteiger partial charge in [-0.25, -0.2) is 0 Å². The Balaban J connectivity index is 1.60. The van der Waals surface area contributed by atoms with Crippen molar-refractivity contribution in [2.75, 3.05) is 42.3 Å². The molecule has 0 radical (unpaired) electrons. The summed E-state index contributed by atoms with van der Waals surface area (Å²) in [5.74, 6) is 1.10. The van der Waals surface area contributed by atoms with Crippen molar-refractivity contribution in [3.63, 3.8) is 0 Å². The number of hydrogen-bond donors (Lipinski definition) is 1. The summed E-state index contributed by atoms with van der Waals surface area (Å²) >= 11 is 3.63. The topological polar surface area (TPSA) is 72.3 Å². The van der Waals surface area contributed by atoms with Crippen molar-refractivity contribution in [1.29, 1.82) is 0 Å². The molecule has 0 saturated carbocycles. The molecule has 1 saturated heterocycles. The number of carbonyl (C=O) groups is 1. The first-order valence-electron chi connectivity index (χ1n) is 8.11. The van der Waals surface area contributed by atoms with Gasteiger partial charge in [-0.15, -0.1) is 10.2 Å². The third kappa shape index (κ3) is 4.85. The summed E-state index contributed by atoms with van der Waals surface area (Å²) < 4.78 is 8.52. The van der Waals surface area contributed by atoms with Crippen molar-refractivity contribution in [1.82, 2.24) is 14.8 Å². The average Bonchev–Trinajstić information content (AvgIpc) is 3.03. The lowest BCUT2D eigenvalue weighted by Crippen LogP contribution is -2.38. The maximum absolute atomic E-state index is 12.2. The molecule has 0 aliphatic carbocycles. The van der Waals surface area contributed by atoms with E-state index in [0.717, 1.165) is 40.0 Å². The summed E-state index contributed by atoms with van der Waals surface area (Å²) in [6, 6.07) is 7.73. The molecule has 1 aliphatic rings. The smallest absolute Gasteiger partial charge is 0.234 e. The predicted molar refractivity (Wildman–Crippen MR) is 107 cm³/mol. The van der Waals surface area contributed by atoms with Crippen LogP contribution in [0.5, 0.6) is 0 Å². The minimum Gasteiger partial charge on any atom is -0.378 e. The second-order valence-corrected chi connectivity index (χ2v) is 7.66. The van der Waals surface area contributed by atoms with E-state index in [4.69, 9.17) is 4.74 Å². The maximum Gasteiger partial charge on any atom is 0.234 e. The monoisotopic (exact) mass is 473 g/mol. The van der Waals surface area contributed by atoms with Gasteiger partial charge in [0.25, 0.3) is 0 Å². The van der Waals surface area contributed by atoms with Gasteiger partial charge in [0, 0.05) is 28.9 Å². The molecule has 25 heavy (non-hydrogen) atoms. The summed E-state index contributed by atoms with van der Waals surface area (Å²) in [4.78, 5) is 14.4. The molecule has 3 rings (SSSR count). The molecule has 1 amide bonds. The lowest BCUT2D eigenvalue weighted by molar-refractivity contribution is -0.113. The first kappa shape index (κ1) is 18.5. The maximum atomic E-state index is 12.2. The van der Waals surface area contributed by atoms with E-state index in [0.29, 0.717) is 19.0 Å². The number of anilines is 2. The average molecular weight is 473 g/mol. The van der Waals surface area contributed by atoms with Gasteiger partial charge in [0.1, 0.15) is 0 Å². The van der Waals surface area contributed by atoms with Crippen molar-refractivity contribution in [2.24, 2.45) is 0 Å². The van der Waals surface area contributed by atoms with E-state index in [1.54, 1.807) is 0 Å². The van der Waals surface area contributed by atoms with Gasteiger partial charge in [-0.1, -0.05) is 17.8 Å². The molecule has 7 nitrogen and oxygen atoms in total. The van der Waals surface area contributed by atoms with Gasteiger partial charge < -0.3 is 15.0 Å². The Morgan fingerprint density at radius 2 is 2.16 bits per heavy atom. The van der Waals surface area contributed by atoms with Crippen molar-refractivity contribution < 1.29 is 9.53 Å². The second kappa shape index (κ2) is 8.86. The van der Waals surface area contributed by atoms with Crippen LogP contribution in [0.1, 0.15) is 6.92 Å². The quantitative estimate of drug-likeness (QED) is 0.514. The van der Waals surface area contributed by atoms with Gasteiger partial charge >= 0.3 is 0 Å². The number of ether oxygens (including phenoxy) is 1. The van der Waals surface area contributed by atoms with Gasteiger partial charge in [-0.05, 0) is 47.7 Å². The lowest BCUT2D eigenvalue weighted by atomic mass is 10.3. The van der Waals surface area contributed by atoms with E-state index in [1.165, 1.54) is 11.8 Å². The van der Waals surface area contributed by atoms with Gasteiger partial charge in [0.2, 0.25) is 11.9 Å². The Hall–Kier alpha value is -1.33. The van der Waals surface area contributed by atoms with E-state index < -0.39 is 0 Å². The molecule has 2 heterocycles. The zero-order chi connectivity index (χ0) is 17.6. The van der Waals surface area contributed by atoms with Crippen LogP contribution in [0.4, 0.5) is 11.6 Å². The minimum atomic E-state index is -0.0504. The largest absolute Gasteiger partial charge is 0.378 e. The molecular weight excluding hydrogens is 453 g/mol. The van der Waals surface area contributed by atoms with E-state index in [2.05, 4.69) is 54.5 Å². The molecule has 9 heteroatoms. The minimum absolute atomic E-state index is 0.0504.